The highest BCUT2D eigenvalue weighted by molar-refractivity contribution is 5.78. The lowest BCUT2D eigenvalue weighted by Gasteiger charge is -2.09. The van der Waals surface area contributed by atoms with Gasteiger partial charge in [0.25, 0.3) is 12.9 Å². The van der Waals surface area contributed by atoms with E-state index in [-0.39, 0.29) is 12.2 Å². The van der Waals surface area contributed by atoms with Gasteiger partial charge in [-0.2, -0.15) is 0 Å². The van der Waals surface area contributed by atoms with Crippen LogP contribution >= 0.6 is 0 Å². The van der Waals surface area contributed by atoms with Crippen LogP contribution in [0.1, 0.15) is 36.5 Å². The van der Waals surface area contributed by atoms with E-state index in [4.69, 9.17) is 0 Å². The second-order valence-electron chi connectivity index (χ2n) is 3.44. The maximum Gasteiger partial charge on any atom is 0.264 e. The van der Waals surface area contributed by atoms with Gasteiger partial charge in [-0.05, 0) is 18.6 Å². The standard InChI is InChI=1S/C11H10F4O/c1-6(16)4-7-2-3-8(10(12)13)9(5-7)11(14)15/h2-3,5,10-11H,4H2,1H3. The van der Waals surface area contributed by atoms with Crippen LogP contribution in [-0.2, 0) is 11.2 Å². The summed E-state index contributed by atoms with van der Waals surface area (Å²) in [7, 11) is 0. The molecule has 0 aromatic heterocycles. The van der Waals surface area contributed by atoms with Crippen LogP contribution in [0.25, 0.3) is 0 Å². The van der Waals surface area contributed by atoms with Crippen molar-refractivity contribution in [3.05, 3.63) is 34.9 Å². The third-order valence-corrected chi connectivity index (χ3v) is 2.07. The molecule has 0 atom stereocenters. The van der Waals surface area contributed by atoms with Crippen LogP contribution in [0, 0.1) is 0 Å². The van der Waals surface area contributed by atoms with Gasteiger partial charge in [0.2, 0.25) is 0 Å². The molecule has 5 heteroatoms. The van der Waals surface area contributed by atoms with Crippen LogP contribution < -0.4 is 0 Å². The maximum absolute atomic E-state index is 12.5. The molecule has 1 aromatic rings. The second kappa shape index (κ2) is 5.09. The van der Waals surface area contributed by atoms with Crippen LogP contribution in [0.4, 0.5) is 17.6 Å². The molecule has 0 heterocycles. The minimum absolute atomic E-state index is 0.0246. The van der Waals surface area contributed by atoms with Crippen molar-refractivity contribution in [2.24, 2.45) is 0 Å². The third-order valence-electron chi connectivity index (χ3n) is 2.07. The highest BCUT2D eigenvalue weighted by Crippen LogP contribution is 2.31. The average molecular weight is 234 g/mol. The first-order chi connectivity index (χ1) is 7.41. The van der Waals surface area contributed by atoms with E-state index in [0.717, 1.165) is 12.1 Å². The first-order valence-corrected chi connectivity index (χ1v) is 4.60. The summed E-state index contributed by atoms with van der Waals surface area (Å²) < 4.78 is 49.7. The van der Waals surface area contributed by atoms with Gasteiger partial charge in [0.05, 0.1) is 0 Å². The molecule has 0 saturated heterocycles. The highest BCUT2D eigenvalue weighted by atomic mass is 19.3. The molecule has 1 rings (SSSR count). The Morgan fingerprint density at radius 2 is 1.69 bits per heavy atom. The van der Waals surface area contributed by atoms with Gasteiger partial charge in [0.1, 0.15) is 5.78 Å². The van der Waals surface area contributed by atoms with Gasteiger partial charge in [-0.1, -0.05) is 12.1 Å². The summed E-state index contributed by atoms with van der Waals surface area (Å²) in [6.07, 6.45) is -5.92. The quantitative estimate of drug-likeness (QED) is 0.726. The van der Waals surface area contributed by atoms with Gasteiger partial charge in [-0.25, -0.2) is 17.6 Å². The molecule has 0 aliphatic carbocycles. The molecule has 16 heavy (non-hydrogen) atoms. The number of halogens is 4. The number of hydrogen-bond donors (Lipinski definition) is 0. The zero-order valence-electron chi connectivity index (χ0n) is 8.51. The summed E-state index contributed by atoms with van der Waals surface area (Å²) in [5.41, 5.74) is -1.05. The molecule has 1 nitrogen and oxygen atoms in total. The Labute approximate surface area is 90.1 Å². The van der Waals surface area contributed by atoms with Gasteiger partial charge in [-0.3, -0.25) is 4.79 Å². The maximum atomic E-state index is 12.5. The Morgan fingerprint density at radius 1 is 1.12 bits per heavy atom. The molecule has 0 unspecified atom stereocenters. The van der Waals surface area contributed by atoms with Gasteiger partial charge in [-0.15, -0.1) is 0 Å². The first kappa shape index (κ1) is 12.7. The Kier molecular flexibility index (Phi) is 4.04. The summed E-state index contributed by atoms with van der Waals surface area (Å²) in [5, 5.41) is 0. The van der Waals surface area contributed by atoms with E-state index in [9.17, 15) is 22.4 Å². The molecule has 0 saturated carbocycles. The van der Waals surface area contributed by atoms with Gasteiger partial charge in [0, 0.05) is 17.5 Å². The van der Waals surface area contributed by atoms with Crippen molar-refractivity contribution in [3.8, 4) is 0 Å². The molecule has 0 bridgehead atoms. The smallest absolute Gasteiger partial charge is 0.264 e. The molecule has 0 aliphatic rings. The second-order valence-corrected chi connectivity index (χ2v) is 3.44. The zero-order valence-corrected chi connectivity index (χ0v) is 8.51. The number of carbonyl (C=O) groups is 1. The largest absolute Gasteiger partial charge is 0.300 e. The summed E-state index contributed by atoms with van der Waals surface area (Å²) in [6.45, 7) is 1.31. The third kappa shape index (κ3) is 3.05. The Bertz CT molecular complexity index is 388. The number of ketones is 1. The summed E-state index contributed by atoms with van der Waals surface area (Å²) in [6, 6.07) is 3.19. The van der Waals surface area contributed by atoms with Crippen LogP contribution in [-0.4, -0.2) is 5.78 Å². The zero-order chi connectivity index (χ0) is 12.3. The van der Waals surface area contributed by atoms with Crippen molar-refractivity contribution in [1.82, 2.24) is 0 Å². The van der Waals surface area contributed by atoms with E-state index >= 15 is 0 Å². The Balaban J connectivity index is 3.12. The van der Waals surface area contributed by atoms with E-state index in [1.54, 1.807) is 0 Å². The molecule has 0 spiro atoms. The lowest BCUT2D eigenvalue weighted by atomic mass is 10.0. The normalized spacial score (nSPS) is 11.2. The predicted molar refractivity (Wildman–Crippen MR) is 50.7 cm³/mol. The fourth-order valence-corrected chi connectivity index (χ4v) is 1.41. The van der Waals surface area contributed by atoms with Gasteiger partial charge < -0.3 is 0 Å². The molecule has 1 aromatic carbocycles. The van der Waals surface area contributed by atoms with E-state index in [2.05, 4.69) is 0 Å². The Hall–Kier alpha value is -1.39. The van der Waals surface area contributed by atoms with Crippen molar-refractivity contribution < 1.29 is 22.4 Å². The van der Waals surface area contributed by atoms with Crippen LogP contribution in [0.3, 0.4) is 0 Å². The van der Waals surface area contributed by atoms with E-state index < -0.39 is 24.0 Å². The van der Waals surface area contributed by atoms with E-state index in [1.807, 2.05) is 0 Å². The minimum Gasteiger partial charge on any atom is -0.300 e. The van der Waals surface area contributed by atoms with Crippen molar-refractivity contribution in [1.29, 1.82) is 0 Å². The van der Waals surface area contributed by atoms with Crippen molar-refractivity contribution >= 4 is 5.78 Å². The lowest BCUT2D eigenvalue weighted by molar-refractivity contribution is -0.116. The number of benzene rings is 1. The van der Waals surface area contributed by atoms with Crippen LogP contribution in [0.5, 0.6) is 0 Å². The molecule has 88 valence electrons. The fraction of sp³-hybridized carbons (Fsp3) is 0.364. The van der Waals surface area contributed by atoms with Crippen molar-refractivity contribution in [3.63, 3.8) is 0 Å². The lowest BCUT2D eigenvalue weighted by Crippen LogP contribution is -2.01. The molecule has 0 fully saturated rings. The fourth-order valence-electron chi connectivity index (χ4n) is 1.41. The monoisotopic (exact) mass is 234 g/mol. The molecule has 0 aliphatic heterocycles. The number of rotatable bonds is 4. The van der Waals surface area contributed by atoms with Crippen LogP contribution in [0.15, 0.2) is 18.2 Å². The summed E-state index contributed by atoms with van der Waals surface area (Å²) in [5.74, 6) is -0.204. The molecular weight excluding hydrogens is 224 g/mol. The number of alkyl halides is 4. The van der Waals surface area contributed by atoms with E-state index in [0.29, 0.717) is 5.56 Å². The number of Topliss-reactive ketones (excluding diaryl/α,β-unsaturated/α-hetero) is 1. The van der Waals surface area contributed by atoms with Crippen LogP contribution in [0.2, 0.25) is 0 Å². The van der Waals surface area contributed by atoms with Gasteiger partial charge >= 0.3 is 0 Å². The van der Waals surface area contributed by atoms with E-state index in [1.165, 1.54) is 13.0 Å². The topological polar surface area (TPSA) is 17.1 Å². The van der Waals surface area contributed by atoms with Gasteiger partial charge in [0.15, 0.2) is 0 Å². The summed E-state index contributed by atoms with van der Waals surface area (Å²) >= 11 is 0. The Morgan fingerprint density at radius 3 is 2.12 bits per heavy atom. The SMILES string of the molecule is CC(=O)Cc1ccc(C(F)F)c(C(F)F)c1. The minimum atomic E-state index is -2.96. The first-order valence-electron chi connectivity index (χ1n) is 4.60. The summed E-state index contributed by atoms with van der Waals surface area (Å²) in [4.78, 5) is 10.8. The van der Waals surface area contributed by atoms with Crippen molar-refractivity contribution in [2.45, 2.75) is 26.2 Å². The number of carbonyl (C=O) groups excluding carboxylic acids is 1. The molecule has 0 amide bonds. The predicted octanol–water partition coefficient (Wildman–Crippen LogP) is 3.69. The highest BCUT2D eigenvalue weighted by Gasteiger charge is 2.19. The average Bonchev–Trinajstić information content (AvgIpc) is 2.16. The molecule has 0 N–H and O–H groups in total. The van der Waals surface area contributed by atoms with Crippen molar-refractivity contribution in [2.75, 3.05) is 0 Å². The molecule has 0 radical (unpaired) electrons. The number of hydrogen-bond acceptors (Lipinski definition) is 1. The molecular formula is C11H10F4O.